The number of fused-ring (bicyclic) bond motifs is 1. The van der Waals surface area contributed by atoms with Gasteiger partial charge >= 0.3 is 0 Å². The lowest BCUT2D eigenvalue weighted by Crippen LogP contribution is -2.50. The molecule has 202 valence electrons. The van der Waals surface area contributed by atoms with Crippen molar-refractivity contribution < 1.29 is 23.9 Å². The summed E-state index contributed by atoms with van der Waals surface area (Å²) in [5.74, 6) is 0.512. The predicted molar refractivity (Wildman–Crippen MR) is 147 cm³/mol. The molecule has 0 spiro atoms. The number of hydrogen-bond donors (Lipinski definition) is 3. The minimum atomic E-state index is -0.579. The molecule has 2 aromatic carbocycles. The molecule has 10 heteroatoms. The predicted octanol–water partition coefficient (Wildman–Crippen LogP) is 3.94. The summed E-state index contributed by atoms with van der Waals surface area (Å²) in [6, 6.07) is 17.3. The third kappa shape index (κ3) is 5.80. The van der Waals surface area contributed by atoms with Gasteiger partial charge in [-0.1, -0.05) is 25.1 Å². The van der Waals surface area contributed by atoms with E-state index in [1.54, 1.807) is 29.2 Å². The van der Waals surface area contributed by atoms with Crippen LogP contribution in [0.3, 0.4) is 0 Å². The number of benzene rings is 2. The first-order valence-electron chi connectivity index (χ1n) is 12.7. The molecule has 5 rings (SSSR count). The van der Waals surface area contributed by atoms with Crippen molar-refractivity contribution >= 4 is 35.0 Å². The van der Waals surface area contributed by atoms with Gasteiger partial charge in [0.15, 0.2) is 0 Å². The Bertz CT molecular complexity index is 1390. The number of para-hydroxylation sites is 1. The molecule has 0 radical (unpaired) electrons. The Morgan fingerprint density at radius 2 is 1.74 bits per heavy atom. The molecule has 0 bridgehead atoms. The van der Waals surface area contributed by atoms with E-state index in [2.05, 4.69) is 17.6 Å². The number of likely N-dealkylation sites (tertiary alicyclic amines) is 1. The average Bonchev–Trinajstić information content (AvgIpc) is 3.26. The first-order valence-corrected chi connectivity index (χ1v) is 13.6. The van der Waals surface area contributed by atoms with E-state index in [1.165, 1.54) is 18.4 Å². The van der Waals surface area contributed by atoms with E-state index in [4.69, 9.17) is 14.9 Å². The van der Waals surface area contributed by atoms with Crippen LogP contribution in [0.5, 0.6) is 11.5 Å². The minimum absolute atomic E-state index is 0.00240. The summed E-state index contributed by atoms with van der Waals surface area (Å²) in [5.41, 5.74) is 0.999. The lowest BCUT2D eigenvalue weighted by Gasteiger charge is -2.27. The molecule has 2 heterocycles. The highest BCUT2D eigenvalue weighted by Crippen LogP contribution is 2.59. The van der Waals surface area contributed by atoms with Gasteiger partial charge in [0, 0.05) is 27.4 Å². The number of nitrogens with one attached hydrogen (secondary N) is 3. The van der Waals surface area contributed by atoms with Crippen molar-refractivity contribution in [1.82, 2.24) is 15.5 Å². The summed E-state index contributed by atoms with van der Waals surface area (Å²) < 4.78 is 10.7. The number of hydrogen-bond acceptors (Lipinski definition) is 7. The largest absolute Gasteiger partial charge is 0.481 e. The zero-order valence-corrected chi connectivity index (χ0v) is 22.5. The lowest BCUT2D eigenvalue weighted by atomic mass is 10.0. The molecule has 3 N–H and O–H groups in total. The van der Waals surface area contributed by atoms with Crippen molar-refractivity contribution in [3.63, 3.8) is 0 Å². The van der Waals surface area contributed by atoms with Crippen molar-refractivity contribution in [2.75, 3.05) is 13.7 Å². The number of nitrogens with zero attached hydrogens (tertiary/aromatic N) is 1. The van der Waals surface area contributed by atoms with E-state index in [9.17, 15) is 14.4 Å². The van der Waals surface area contributed by atoms with Gasteiger partial charge in [-0.3, -0.25) is 19.8 Å². The number of methoxy groups -OCH3 is 1. The molecule has 3 amide bonds. The second-order valence-corrected chi connectivity index (χ2v) is 11.1. The van der Waals surface area contributed by atoms with Gasteiger partial charge in [0.25, 0.3) is 5.91 Å². The Kier molecular flexibility index (Phi) is 7.38. The molecule has 1 saturated carbocycles. The minimum Gasteiger partial charge on any atom is -0.481 e. The summed E-state index contributed by atoms with van der Waals surface area (Å²) in [5, 5.41) is 15.2. The van der Waals surface area contributed by atoms with E-state index < -0.39 is 6.04 Å². The molecule has 0 unspecified atom stereocenters. The molecule has 3 aromatic rings. The normalized spacial score (nSPS) is 21.0. The molecule has 2 fully saturated rings. The third-order valence-corrected chi connectivity index (χ3v) is 8.22. The Morgan fingerprint density at radius 1 is 1.03 bits per heavy atom. The zero-order valence-electron chi connectivity index (χ0n) is 21.7. The second-order valence-electron chi connectivity index (χ2n) is 10.1. The first-order chi connectivity index (χ1) is 18.8. The van der Waals surface area contributed by atoms with Crippen LogP contribution in [0.15, 0.2) is 66.0 Å². The van der Waals surface area contributed by atoms with Gasteiger partial charge in [-0.15, -0.1) is 11.3 Å². The number of amides is 3. The van der Waals surface area contributed by atoms with E-state index in [0.717, 1.165) is 11.3 Å². The van der Waals surface area contributed by atoms with Gasteiger partial charge in [0.05, 0.1) is 20.2 Å². The summed E-state index contributed by atoms with van der Waals surface area (Å²) in [7, 11) is 1.44. The molecule has 9 nitrogen and oxygen atoms in total. The lowest BCUT2D eigenvalue weighted by molar-refractivity contribution is -0.139. The number of rotatable bonds is 9. The number of carbonyl (C=O) groups excluding carboxylic acids is 3. The fourth-order valence-electron chi connectivity index (χ4n) is 5.01. The SMILES string of the molecule is COC(=N)c1csc(CNC(=O)[C@@H]2C[C@]3(C)C[C@@H]3N2C(=O)CNC(=O)c2ccc(Oc3ccccc3)cc2)c1. The van der Waals surface area contributed by atoms with Gasteiger partial charge in [-0.25, -0.2) is 0 Å². The maximum absolute atomic E-state index is 13.2. The Labute approximate surface area is 230 Å². The van der Waals surface area contributed by atoms with Crippen molar-refractivity contribution in [3.05, 3.63) is 82.0 Å². The number of carbonyl (C=O) groups is 3. The van der Waals surface area contributed by atoms with Crippen LogP contribution in [0.2, 0.25) is 0 Å². The molecule has 3 atom stereocenters. The smallest absolute Gasteiger partial charge is 0.251 e. The van der Waals surface area contributed by atoms with Crippen LogP contribution in [-0.2, 0) is 20.9 Å². The van der Waals surface area contributed by atoms with Gasteiger partial charge in [-0.2, -0.15) is 0 Å². The first kappa shape index (κ1) is 26.4. The summed E-state index contributed by atoms with van der Waals surface area (Å²) in [6.07, 6.45) is 1.45. The number of piperidine rings is 1. The summed E-state index contributed by atoms with van der Waals surface area (Å²) in [4.78, 5) is 41.5. The van der Waals surface area contributed by atoms with Crippen molar-refractivity contribution in [3.8, 4) is 11.5 Å². The summed E-state index contributed by atoms with van der Waals surface area (Å²) in [6.45, 7) is 2.21. The summed E-state index contributed by atoms with van der Waals surface area (Å²) >= 11 is 1.43. The van der Waals surface area contributed by atoms with E-state index in [-0.39, 0.29) is 41.6 Å². The quantitative estimate of drug-likeness (QED) is 0.277. The Hall–Kier alpha value is -4.18. The third-order valence-electron chi connectivity index (χ3n) is 7.28. The van der Waals surface area contributed by atoms with Gasteiger partial charge in [0.2, 0.25) is 17.7 Å². The van der Waals surface area contributed by atoms with E-state index in [0.29, 0.717) is 35.6 Å². The van der Waals surface area contributed by atoms with Crippen LogP contribution in [0.1, 0.15) is 40.6 Å². The van der Waals surface area contributed by atoms with Crippen LogP contribution < -0.4 is 15.4 Å². The second kappa shape index (κ2) is 10.9. The maximum Gasteiger partial charge on any atom is 0.251 e. The fourth-order valence-corrected chi connectivity index (χ4v) is 5.81. The molecular weight excluding hydrogens is 516 g/mol. The van der Waals surface area contributed by atoms with Crippen LogP contribution in [-0.4, -0.2) is 54.3 Å². The maximum atomic E-state index is 13.2. The molecule has 2 aliphatic rings. The van der Waals surface area contributed by atoms with Crippen molar-refractivity contribution in [1.29, 1.82) is 5.41 Å². The number of ether oxygens (including phenoxy) is 2. The zero-order chi connectivity index (χ0) is 27.6. The molecule has 1 aliphatic heterocycles. The molecule has 39 heavy (non-hydrogen) atoms. The number of thiophene rings is 1. The topological polar surface area (TPSA) is 121 Å². The van der Waals surface area contributed by atoms with E-state index >= 15 is 0 Å². The highest BCUT2D eigenvalue weighted by atomic mass is 32.1. The Balaban J connectivity index is 1.15. The molecular formula is C29H30N4O5S. The van der Waals surface area contributed by atoms with Crippen molar-refractivity contribution in [2.45, 2.75) is 38.4 Å². The van der Waals surface area contributed by atoms with Gasteiger partial charge in [-0.05, 0) is 60.7 Å². The molecule has 1 saturated heterocycles. The van der Waals surface area contributed by atoms with Crippen LogP contribution >= 0.6 is 11.3 Å². The van der Waals surface area contributed by atoms with Crippen LogP contribution in [0.25, 0.3) is 0 Å². The van der Waals surface area contributed by atoms with Gasteiger partial charge < -0.3 is 25.0 Å². The monoisotopic (exact) mass is 546 g/mol. The molecule has 1 aliphatic carbocycles. The highest BCUT2D eigenvalue weighted by Gasteiger charge is 2.64. The van der Waals surface area contributed by atoms with E-state index in [1.807, 2.05) is 41.8 Å². The highest BCUT2D eigenvalue weighted by molar-refractivity contribution is 7.10. The van der Waals surface area contributed by atoms with Crippen molar-refractivity contribution in [2.24, 2.45) is 5.41 Å². The van der Waals surface area contributed by atoms with Gasteiger partial charge in [0.1, 0.15) is 17.5 Å². The van der Waals surface area contributed by atoms with Crippen LogP contribution in [0, 0.1) is 10.8 Å². The average molecular weight is 547 g/mol. The molecule has 1 aromatic heterocycles. The fraction of sp³-hybridized carbons (Fsp3) is 0.310. The standard InChI is InChI=1S/C29H30N4O5S/c1-29-13-23(28(36)31-15-22-12-19(17-39-22)26(30)37-2)33(24(29)14-29)25(34)16-32-27(35)18-8-10-21(11-9-18)38-20-6-4-3-5-7-20/h3-12,17,23-24,30H,13-16H2,1-2H3,(H,31,36)(H,32,35)/t23-,24-,29+/m0/s1. The van der Waals surface area contributed by atoms with Crippen LogP contribution in [0.4, 0.5) is 0 Å². The Morgan fingerprint density at radius 3 is 2.46 bits per heavy atom.